The quantitative estimate of drug-likeness (QED) is 0.475. The number of halogens is 4. The fourth-order valence-corrected chi connectivity index (χ4v) is 3.09. The Morgan fingerprint density at radius 1 is 1.10 bits per heavy atom. The van der Waals surface area contributed by atoms with E-state index >= 15 is 0 Å². The van der Waals surface area contributed by atoms with Gasteiger partial charge in [-0.25, -0.2) is 9.18 Å². The van der Waals surface area contributed by atoms with E-state index in [2.05, 4.69) is 15.3 Å². The SMILES string of the molecule is O=C(N[C@@H](c1ccc(C(F)(F)F)cc1)c1ncccc1F)c1ccc2[nH]c(=O)oc2c1. The Hall–Kier alpha value is -3.95. The maximum absolute atomic E-state index is 14.4. The molecular formula is C21H13F4N3O3. The van der Waals surface area contributed by atoms with E-state index in [0.717, 1.165) is 30.3 Å². The van der Waals surface area contributed by atoms with E-state index < -0.39 is 35.3 Å². The second-order valence-electron chi connectivity index (χ2n) is 6.62. The van der Waals surface area contributed by atoms with Crippen LogP contribution in [0, 0.1) is 5.82 Å². The first-order valence-electron chi connectivity index (χ1n) is 8.93. The summed E-state index contributed by atoms with van der Waals surface area (Å²) in [6, 6.07) is 9.51. The zero-order chi connectivity index (χ0) is 22.2. The third-order valence-corrected chi connectivity index (χ3v) is 4.59. The summed E-state index contributed by atoms with van der Waals surface area (Å²) in [5, 5.41) is 2.58. The van der Waals surface area contributed by atoms with Crippen molar-refractivity contribution in [1.29, 1.82) is 0 Å². The zero-order valence-electron chi connectivity index (χ0n) is 15.5. The predicted molar refractivity (Wildman–Crippen MR) is 102 cm³/mol. The van der Waals surface area contributed by atoms with Crippen LogP contribution in [0.5, 0.6) is 0 Å². The molecule has 2 aromatic heterocycles. The maximum atomic E-state index is 14.4. The molecule has 0 aliphatic carbocycles. The number of aromatic nitrogens is 2. The van der Waals surface area contributed by atoms with Gasteiger partial charge >= 0.3 is 11.9 Å². The van der Waals surface area contributed by atoms with Gasteiger partial charge in [-0.15, -0.1) is 0 Å². The minimum Gasteiger partial charge on any atom is -0.408 e. The average Bonchev–Trinajstić information content (AvgIpc) is 3.11. The molecule has 31 heavy (non-hydrogen) atoms. The van der Waals surface area contributed by atoms with E-state index in [9.17, 15) is 27.2 Å². The fourth-order valence-electron chi connectivity index (χ4n) is 3.09. The first-order valence-corrected chi connectivity index (χ1v) is 8.93. The summed E-state index contributed by atoms with van der Waals surface area (Å²) < 4.78 is 58.0. The molecule has 2 N–H and O–H groups in total. The first-order chi connectivity index (χ1) is 14.7. The molecule has 0 radical (unpaired) electrons. The lowest BCUT2D eigenvalue weighted by atomic mass is 10.00. The minimum atomic E-state index is -4.54. The van der Waals surface area contributed by atoms with Crippen molar-refractivity contribution in [2.45, 2.75) is 12.2 Å². The van der Waals surface area contributed by atoms with Gasteiger partial charge in [0.05, 0.1) is 17.1 Å². The molecule has 10 heteroatoms. The molecule has 1 amide bonds. The van der Waals surface area contributed by atoms with Crippen molar-refractivity contribution >= 4 is 17.0 Å². The lowest BCUT2D eigenvalue weighted by molar-refractivity contribution is -0.137. The number of pyridine rings is 1. The number of amides is 1. The van der Waals surface area contributed by atoms with Crippen LogP contribution in [0.2, 0.25) is 0 Å². The van der Waals surface area contributed by atoms with Crippen molar-refractivity contribution in [3.8, 4) is 0 Å². The Labute approximate surface area is 171 Å². The second-order valence-corrected chi connectivity index (χ2v) is 6.62. The van der Waals surface area contributed by atoms with Crippen molar-refractivity contribution in [3.05, 3.63) is 99.5 Å². The van der Waals surface area contributed by atoms with E-state index in [4.69, 9.17) is 4.42 Å². The summed E-state index contributed by atoms with van der Waals surface area (Å²) in [5.74, 6) is -2.09. The summed E-state index contributed by atoms with van der Waals surface area (Å²) in [6.45, 7) is 0. The molecular weight excluding hydrogens is 418 g/mol. The average molecular weight is 431 g/mol. The minimum absolute atomic E-state index is 0.100. The van der Waals surface area contributed by atoms with Gasteiger partial charge in [-0.1, -0.05) is 12.1 Å². The number of nitrogens with zero attached hydrogens (tertiary/aromatic N) is 1. The van der Waals surface area contributed by atoms with Crippen LogP contribution < -0.4 is 11.1 Å². The van der Waals surface area contributed by atoms with Crippen LogP contribution in [-0.2, 0) is 6.18 Å². The third-order valence-electron chi connectivity index (χ3n) is 4.59. The summed E-state index contributed by atoms with van der Waals surface area (Å²) in [4.78, 5) is 30.5. The van der Waals surface area contributed by atoms with Crippen LogP contribution in [-0.4, -0.2) is 15.9 Å². The van der Waals surface area contributed by atoms with Gasteiger partial charge < -0.3 is 9.73 Å². The Bertz CT molecular complexity index is 1310. The molecule has 0 aliphatic heterocycles. The Kier molecular flexibility index (Phi) is 5.05. The molecule has 0 fully saturated rings. The van der Waals surface area contributed by atoms with Crippen LogP contribution in [0.25, 0.3) is 11.1 Å². The number of hydrogen-bond donors (Lipinski definition) is 2. The van der Waals surface area contributed by atoms with Gasteiger partial charge in [-0.3, -0.25) is 14.8 Å². The molecule has 4 rings (SSSR count). The molecule has 0 saturated heterocycles. The van der Waals surface area contributed by atoms with Crippen LogP contribution >= 0.6 is 0 Å². The number of nitrogens with one attached hydrogen (secondary N) is 2. The van der Waals surface area contributed by atoms with Crippen molar-refractivity contribution in [1.82, 2.24) is 15.3 Å². The number of hydrogen-bond acceptors (Lipinski definition) is 4. The van der Waals surface area contributed by atoms with Crippen molar-refractivity contribution in [2.75, 3.05) is 0 Å². The number of carbonyl (C=O) groups is 1. The van der Waals surface area contributed by atoms with E-state index in [-0.39, 0.29) is 22.4 Å². The highest BCUT2D eigenvalue weighted by atomic mass is 19.4. The van der Waals surface area contributed by atoms with Crippen molar-refractivity contribution in [2.24, 2.45) is 0 Å². The number of alkyl halides is 3. The molecule has 0 spiro atoms. The number of aromatic amines is 1. The monoisotopic (exact) mass is 431 g/mol. The molecule has 2 heterocycles. The lowest BCUT2D eigenvalue weighted by Gasteiger charge is -2.20. The van der Waals surface area contributed by atoms with Gasteiger partial charge in [0, 0.05) is 11.8 Å². The zero-order valence-corrected chi connectivity index (χ0v) is 15.5. The highest BCUT2D eigenvalue weighted by Crippen LogP contribution is 2.31. The smallest absolute Gasteiger partial charge is 0.408 e. The second kappa shape index (κ2) is 7.71. The Morgan fingerprint density at radius 3 is 2.52 bits per heavy atom. The molecule has 0 saturated carbocycles. The van der Waals surface area contributed by atoms with Crippen LogP contribution in [0.15, 0.2) is 70.0 Å². The lowest BCUT2D eigenvalue weighted by Crippen LogP contribution is -2.30. The third kappa shape index (κ3) is 4.18. The standard InChI is InChI=1S/C21H13F4N3O3/c22-14-2-1-9-26-18(14)17(11-3-6-13(7-4-11)21(23,24)25)28-19(29)12-5-8-15-16(10-12)31-20(30)27-15/h1-10,17H,(H,27,30)(H,28,29)/t17-/m0/s1. The summed E-state index contributed by atoms with van der Waals surface area (Å²) in [7, 11) is 0. The maximum Gasteiger partial charge on any atom is 0.417 e. The molecule has 0 bridgehead atoms. The molecule has 4 aromatic rings. The summed E-state index contributed by atoms with van der Waals surface area (Å²) in [5.41, 5.74) is -0.207. The Balaban J connectivity index is 1.71. The highest BCUT2D eigenvalue weighted by molar-refractivity contribution is 5.97. The largest absolute Gasteiger partial charge is 0.417 e. The molecule has 6 nitrogen and oxygen atoms in total. The van der Waals surface area contributed by atoms with Gasteiger partial charge in [0.1, 0.15) is 11.5 Å². The highest BCUT2D eigenvalue weighted by Gasteiger charge is 2.31. The van der Waals surface area contributed by atoms with E-state index in [1.807, 2.05) is 0 Å². The van der Waals surface area contributed by atoms with Crippen LogP contribution in [0.4, 0.5) is 17.6 Å². The predicted octanol–water partition coefficient (Wildman–Crippen LogP) is 4.19. The molecule has 1 atom stereocenters. The number of benzene rings is 2. The van der Waals surface area contributed by atoms with Crippen molar-refractivity contribution in [3.63, 3.8) is 0 Å². The topological polar surface area (TPSA) is 88.0 Å². The first kappa shape index (κ1) is 20.3. The number of fused-ring (bicyclic) bond motifs is 1. The van der Waals surface area contributed by atoms with Crippen molar-refractivity contribution < 1.29 is 26.8 Å². The molecule has 158 valence electrons. The fraction of sp³-hybridized carbons (Fsp3) is 0.0952. The normalized spacial score (nSPS) is 12.6. The molecule has 2 aromatic carbocycles. The number of carbonyl (C=O) groups excluding carboxylic acids is 1. The number of oxazole rings is 1. The van der Waals surface area contributed by atoms with Gasteiger partial charge in [0.2, 0.25) is 0 Å². The van der Waals surface area contributed by atoms with Gasteiger partial charge in [0.25, 0.3) is 5.91 Å². The summed E-state index contributed by atoms with van der Waals surface area (Å²) >= 11 is 0. The summed E-state index contributed by atoms with van der Waals surface area (Å²) in [6.07, 6.45) is -3.23. The van der Waals surface area contributed by atoms with Gasteiger partial charge in [0.15, 0.2) is 5.58 Å². The van der Waals surface area contributed by atoms with Gasteiger partial charge in [-0.2, -0.15) is 13.2 Å². The Morgan fingerprint density at radius 2 is 1.84 bits per heavy atom. The molecule has 0 unspecified atom stereocenters. The van der Waals surface area contributed by atoms with E-state index in [1.54, 1.807) is 0 Å². The molecule has 0 aliphatic rings. The van der Waals surface area contributed by atoms with Gasteiger partial charge in [-0.05, 0) is 48.0 Å². The van der Waals surface area contributed by atoms with E-state index in [1.165, 1.54) is 30.5 Å². The number of rotatable bonds is 4. The number of H-pyrrole nitrogens is 1. The van der Waals surface area contributed by atoms with Crippen LogP contribution in [0.1, 0.15) is 33.2 Å². The van der Waals surface area contributed by atoms with Crippen LogP contribution in [0.3, 0.4) is 0 Å². The van der Waals surface area contributed by atoms with E-state index in [0.29, 0.717) is 5.52 Å².